The van der Waals surface area contributed by atoms with Gasteiger partial charge in [-0.3, -0.25) is 0 Å². The van der Waals surface area contributed by atoms with E-state index in [1.165, 1.54) is 6.42 Å². The lowest BCUT2D eigenvalue weighted by Gasteiger charge is -2.29. The molecule has 86 valence electrons. The van der Waals surface area contributed by atoms with Crippen molar-refractivity contribution in [3.05, 3.63) is 0 Å². The van der Waals surface area contributed by atoms with Gasteiger partial charge in [0.1, 0.15) is 0 Å². The van der Waals surface area contributed by atoms with Gasteiger partial charge >= 0.3 is 0 Å². The van der Waals surface area contributed by atoms with Crippen LogP contribution in [0.4, 0.5) is 0 Å². The van der Waals surface area contributed by atoms with E-state index in [2.05, 4.69) is 33.0 Å². The average Bonchev–Trinajstić information content (AvgIpc) is 2.21. The summed E-state index contributed by atoms with van der Waals surface area (Å²) in [5, 5.41) is 3.59. The zero-order chi connectivity index (χ0) is 11.0. The van der Waals surface area contributed by atoms with Crippen molar-refractivity contribution in [3.63, 3.8) is 0 Å². The molecule has 2 heteroatoms. The van der Waals surface area contributed by atoms with Crippen LogP contribution in [0.2, 0.25) is 0 Å². The molecule has 1 N–H and O–H groups in total. The number of nitrogens with one attached hydrogen (secondary N) is 1. The van der Waals surface area contributed by atoms with Crippen LogP contribution >= 0.6 is 0 Å². The van der Waals surface area contributed by atoms with Crippen molar-refractivity contribution >= 4 is 0 Å². The smallest absolute Gasteiger partial charge is 0.0465 e. The molecule has 0 bridgehead atoms. The molecule has 14 heavy (non-hydrogen) atoms. The quantitative estimate of drug-likeness (QED) is 0.652. The van der Waals surface area contributed by atoms with E-state index >= 15 is 0 Å². The SMILES string of the molecule is CCNC(C(C)CC)C(C)CCOC. The summed E-state index contributed by atoms with van der Waals surface area (Å²) in [6, 6.07) is 0.639. The van der Waals surface area contributed by atoms with Gasteiger partial charge in [0.2, 0.25) is 0 Å². The summed E-state index contributed by atoms with van der Waals surface area (Å²) in [5.74, 6) is 1.45. The fourth-order valence-electron chi connectivity index (χ4n) is 1.94. The van der Waals surface area contributed by atoms with E-state index in [0.717, 1.165) is 25.5 Å². The van der Waals surface area contributed by atoms with Crippen LogP contribution in [0.5, 0.6) is 0 Å². The number of hydrogen-bond acceptors (Lipinski definition) is 2. The first-order valence-electron chi connectivity index (χ1n) is 5.89. The Kier molecular flexibility index (Phi) is 8.20. The number of ether oxygens (including phenoxy) is 1. The summed E-state index contributed by atoms with van der Waals surface area (Å²) in [6.45, 7) is 11.0. The molecule has 3 atom stereocenters. The molecule has 0 aromatic heterocycles. The zero-order valence-corrected chi connectivity index (χ0v) is 10.5. The highest BCUT2D eigenvalue weighted by molar-refractivity contribution is 4.77. The Balaban J connectivity index is 4.03. The first-order chi connectivity index (χ1) is 6.67. The molecule has 0 rings (SSSR count). The van der Waals surface area contributed by atoms with Gasteiger partial charge in [-0.05, 0) is 24.8 Å². The van der Waals surface area contributed by atoms with Gasteiger partial charge < -0.3 is 10.1 Å². The van der Waals surface area contributed by atoms with Crippen LogP contribution in [-0.2, 0) is 4.74 Å². The number of methoxy groups -OCH3 is 1. The molecule has 3 unspecified atom stereocenters. The van der Waals surface area contributed by atoms with E-state index in [1.54, 1.807) is 7.11 Å². The van der Waals surface area contributed by atoms with Gasteiger partial charge in [0.15, 0.2) is 0 Å². The molecule has 0 saturated heterocycles. The largest absolute Gasteiger partial charge is 0.385 e. The molecular formula is C12H27NO. The highest BCUT2D eigenvalue weighted by atomic mass is 16.5. The number of rotatable bonds is 8. The van der Waals surface area contributed by atoms with Crippen LogP contribution in [0.1, 0.15) is 40.5 Å². The van der Waals surface area contributed by atoms with Gasteiger partial charge in [0.25, 0.3) is 0 Å². The number of hydrogen-bond donors (Lipinski definition) is 1. The Hall–Kier alpha value is -0.0800. The molecule has 0 saturated carbocycles. The van der Waals surface area contributed by atoms with E-state index in [0.29, 0.717) is 12.0 Å². The van der Waals surface area contributed by atoms with Crippen molar-refractivity contribution in [1.82, 2.24) is 5.32 Å². The normalized spacial score (nSPS) is 17.8. The molecule has 0 aliphatic carbocycles. The van der Waals surface area contributed by atoms with Crippen molar-refractivity contribution in [2.75, 3.05) is 20.3 Å². The third kappa shape index (κ3) is 4.97. The lowest BCUT2D eigenvalue weighted by Crippen LogP contribution is -2.40. The van der Waals surface area contributed by atoms with Crippen molar-refractivity contribution in [2.24, 2.45) is 11.8 Å². The predicted molar refractivity (Wildman–Crippen MR) is 62.6 cm³/mol. The van der Waals surface area contributed by atoms with E-state index in [9.17, 15) is 0 Å². The summed E-state index contributed by atoms with van der Waals surface area (Å²) in [4.78, 5) is 0. The topological polar surface area (TPSA) is 21.3 Å². The molecular weight excluding hydrogens is 174 g/mol. The van der Waals surface area contributed by atoms with E-state index in [1.807, 2.05) is 0 Å². The Bertz CT molecular complexity index is 127. The highest BCUT2D eigenvalue weighted by Gasteiger charge is 2.20. The van der Waals surface area contributed by atoms with Gasteiger partial charge in [0.05, 0.1) is 0 Å². The monoisotopic (exact) mass is 201 g/mol. The third-order valence-corrected chi connectivity index (χ3v) is 3.09. The maximum atomic E-state index is 5.13. The van der Waals surface area contributed by atoms with Crippen molar-refractivity contribution in [1.29, 1.82) is 0 Å². The Morgan fingerprint density at radius 3 is 2.21 bits per heavy atom. The van der Waals surface area contributed by atoms with Gasteiger partial charge in [-0.25, -0.2) is 0 Å². The molecule has 0 spiro atoms. The van der Waals surface area contributed by atoms with Crippen LogP contribution in [0.25, 0.3) is 0 Å². The van der Waals surface area contributed by atoms with Crippen LogP contribution in [0.15, 0.2) is 0 Å². The molecule has 0 fully saturated rings. The first kappa shape index (κ1) is 13.9. The molecule has 0 radical (unpaired) electrons. The van der Waals surface area contributed by atoms with E-state index in [4.69, 9.17) is 4.74 Å². The Labute approximate surface area is 89.4 Å². The second kappa shape index (κ2) is 8.25. The maximum absolute atomic E-state index is 5.13. The van der Waals surface area contributed by atoms with E-state index < -0.39 is 0 Å². The van der Waals surface area contributed by atoms with Gasteiger partial charge in [-0.2, -0.15) is 0 Å². The summed E-state index contributed by atoms with van der Waals surface area (Å²) < 4.78 is 5.13. The lowest BCUT2D eigenvalue weighted by molar-refractivity contribution is 0.159. The average molecular weight is 201 g/mol. The third-order valence-electron chi connectivity index (χ3n) is 3.09. The van der Waals surface area contributed by atoms with Crippen LogP contribution < -0.4 is 5.32 Å². The molecule has 0 amide bonds. The molecule has 0 heterocycles. The minimum absolute atomic E-state index is 0.639. The standard InChI is InChI=1S/C12H27NO/c1-6-10(3)12(13-7-2)11(4)8-9-14-5/h10-13H,6-9H2,1-5H3. The summed E-state index contributed by atoms with van der Waals surface area (Å²) in [6.07, 6.45) is 2.40. The summed E-state index contributed by atoms with van der Waals surface area (Å²) >= 11 is 0. The highest BCUT2D eigenvalue weighted by Crippen LogP contribution is 2.18. The Morgan fingerprint density at radius 2 is 1.79 bits per heavy atom. The molecule has 0 aromatic carbocycles. The van der Waals surface area contributed by atoms with Gasteiger partial charge in [0, 0.05) is 19.8 Å². The van der Waals surface area contributed by atoms with Crippen molar-refractivity contribution < 1.29 is 4.74 Å². The predicted octanol–water partition coefficient (Wildman–Crippen LogP) is 2.68. The zero-order valence-electron chi connectivity index (χ0n) is 10.5. The van der Waals surface area contributed by atoms with Crippen molar-refractivity contribution in [2.45, 2.75) is 46.6 Å². The second-order valence-electron chi connectivity index (χ2n) is 4.23. The van der Waals surface area contributed by atoms with Crippen LogP contribution in [0.3, 0.4) is 0 Å². The van der Waals surface area contributed by atoms with Crippen LogP contribution in [0, 0.1) is 11.8 Å². The molecule has 0 aliphatic rings. The fourth-order valence-corrected chi connectivity index (χ4v) is 1.94. The van der Waals surface area contributed by atoms with Crippen LogP contribution in [-0.4, -0.2) is 26.3 Å². The van der Waals surface area contributed by atoms with Gasteiger partial charge in [-0.1, -0.05) is 34.1 Å². The van der Waals surface area contributed by atoms with Gasteiger partial charge in [-0.15, -0.1) is 0 Å². The summed E-state index contributed by atoms with van der Waals surface area (Å²) in [5.41, 5.74) is 0. The maximum Gasteiger partial charge on any atom is 0.0465 e. The first-order valence-corrected chi connectivity index (χ1v) is 5.89. The molecule has 2 nitrogen and oxygen atoms in total. The lowest BCUT2D eigenvalue weighted by atomic mass is 9.87. The second-order valence-corrected chi connectivity index (χ2v) is 4.23. The minimum atomic E-state index is 0.639. The molecule has 0 aliphatic heterocycles. The molecule has 0 aromatic rings. The fraction of sp³-hybridized carbons (Fsp3) is 1.00. The minimum Gasteiger partial charge on any atom is -0.385 e. The van der Waals surface area contributed by atoms with E-state index in [-0.39, 0.29) is 0 Å². The van der Waals surface area contributed by atoms with Crippen molar-refractivity contribution in [3.8, 4) is 0 Å². The Morgan fingerprint density at radius 1 is 1.14 bits per heavy atom. The summed E-state index contributed by atoms with van der Waals surface area (Å²) in [7, 11) is 1.78.